The Bertz CT molecular complexity index is 528. The van der Waals surface area contributed by atoms with Crippen molar-refractivity contribution >= 4 is 5.91 Å². The fourth-order valence-corrected chi connectivity index (χ4v) is 4.08. The summed E-state index contributed by atoms with van der Waals surface area (Å²) in [6.45, 7) is 6.81. The van der Waals surface area contributed by atoms with Gasteiger partial charge in [-0.1, -0.05) is 13.3 Å². The molecular formula is C18H26N2O2. The molecule has 0 radical (unpaired) electrons. The molecule has 2 fully saturated rings. The number of hydrogen-bond acceptors (Lipinski definition) is 3. The van der Waals surface area contributed by atoms with Crippen LogP contribution in [-0.4, -0.2) is 37.0 Å². The summed E-state index contributed by atoms with van der Waals surface area (Å²) in [6.07, 6.45) is 5.27. The number of primary amides is 1. The van der Waals surface area contributed by atoms with Crippen molar-refractivity contribution in [3.8, 4) is 5.75 Å². The molecular weight excluding hydrogens is 276 g/mol. The molecule has 1 saturated heterocycles. The number of likely N-dealkylation sites (tertiary alicyclic amines) is 1. The van der Waals surface area contributed by atoms with Gasteiger partial charge in [-0.2, -0.15) is 0 Å². The van der Waals surface area contributed by atoms with Crippen LogP contribution in [0.15, 0.2) is 24.3 Å². The molecule has 2 atom stereocenters. The third-order valence-corrected chi connectivity index (χ3v) is 5.38. The average Bonchev–Trinajstić information content (AvgIpc) is 2.98. The van der Waals surface area contributed by atoms with Crippen LogP contribution in [0.4, 0.5) is 0 Å². The van der Waals surface area contributed by atoms with Gasteiger partial charge in [0.25, 0.3) is 0 Å². The van der Waals surface area contributed by atoms with Gasteiger partial charge >= 0.3 is 0 Å². The number of nitrogens with two attached hydrogens (primary N) is 1. The molecule has 0 bridgehead atoms. The van der Waals surface area contributed by atoms with Gasteiger partial charge in [-0.05, 0) is 54.9 Å². The van der Waals surface area contributed by atoms with Crippen LogP contribution < -0.4 is 10.5 Å². The third kappa shape index (κ3) is 3.27. The van der Waals surface area contributed by atoms with Crippen LogP contribution in [0.25, 0.3) is 0 Å². The number of nitrogens with zero attached hydrogens (tertiary/aromatic N) is 1. The van der Waals surface area contributed by atoms with E-state index in [0.717, 1.165) is 24.6 Å². The molecule has 1 aromatic rings. The zero-order valence-electron chi connectivity index (χ0n) is 13.4. The zero-order chi connectivity index (χ0) is 15.6. The van der Waals surface area contributed by atoms with Gasteiger partial charge in [0.05, 0.1) is 6.61 Å². The van der Waals surface area contributed by atoms with Crippen LogP contribution in [-0.2, 0) is 0 Å². The lowest BCUT2D eigenvalue weighted by atomic mass is 9.83. The number of benzene rings is 1. The van der Waals surface area contributed by atoms with Crippen molar-refractivity contribution in [1.82, 2.24) is 4.90 Å². The van der Waals surface area contributed by atoms with Crippen molar-refractivity contribution in [2.24, 2.45) is 17.1 Å². The minimum atomic E-state index is -0.403. The van der Waals surface area contributed by atoms with E-state index in [1.807, 2.05) is 0 Å². The van der Waals surface area contributed by atoms with E-state index in [0.29, 0.717) is 17.6 Å². The smallest absolute Gasteiger partial charge is 0.248 e. The van der Waals surface area contributed by atoms with Crippen LogP contribution in [0.5, 0.6) is 5.75 Å². The quantitative estimate of drug-likeness (QED) is 0.822. The normalized spacial score (nSPS) is 27.8. The fourth-order valence-electron chi connectivity index (χ4n) is 4.08. The Morgan fingerprint density at radius 1 is 1.41 bits per heavy atom. The van der Waals surface area contributed by atoms with Gasteiger partial charge in [0.1, 0.15) is 5.75 Å². The monoisotopic (exact) mass is 302 g/mol. The third-order valence-electron chi connectivity index (χ3n) is 5.38. The molecule has 2 aliphatic rings. The second-order valence-electron chi connectivity index (χ2n) is 7.07. The molecule has 0 unspecified atom stereocenters. The number of carbonyl (C=O) groups is 1. The molecule has 0 aromatic heterocycles. The first-order chi connectivity index (χ1) is 10.6. The van der Waals surface area contributed by atoms with E-state index in [1.165, 1.54) is 32.4 Å². The van der Waals surface area contributed by atoms with Gasteiger partial charge < -0.3 is 15.4 Å². The van der Waals surface area contributed by atoms with E-state index in [9.17, 15) is 4.79 Å². The maximum atomic E-state index is 11.0. The Morgan fingerprint density at radius 2 is 2.18 bits per heavy atom. The molecule has 1 saturated carbocycles. The summed E-state index contributed by atoms with van der Waals surface area (Å²) in [5.74, 6) is 1.31. The first-order valence-corrected chi connectivity index (χ1v) is 8.32. The molecule has 1 heterocycles. The Hall–Kier alpha value is -1.55. The molecule has 4 nitrogen and oxygen atoms in total. The number of fused-ring (bicyclic) bond motifs is 1. The molecule has 1 aliphatic carbocycles. The summed E-state index contributed by atoms with van der Waals surface area (Å²) < 4.78 is 5.74. The van der Waals surface area contributed by atoms with E-state index in [-0.39, 0.29) is 0 Å². The number of rotatable bonds is 6. The fraction of sp³-hybridized carbons (Fsp3) is 0.611. The van der Waals surface area contributed by atoms with Crippen molar-refractivity contribution < 1.29 is 9.53 Å². The summed E-state index contributed by atoms with van der Waals surface area (Å²) in [5, 5.41) is 0. The number of hydrogen-bond donors (Lipinski definition) is 1. The van der Waals surface area contributed by atoms with E-state index >= 15 is 0 Å². The minimum Gasteiger partial charge on any atom is -0.494 e. The highest BCUT2D eigenvalue weighted by molar-refractivity contribution is 5.92. The Labute approximate surface area is 132 Å². The largest absolute Gasteiger partial charge is 0.494 e. The SMILES string of the molecule is C[C@]12CCC[C@H]1CN(CCCOc1ccc(C(N)=O)cc1)C2. The van der Waals surface area contributed by atoms with Crippen molar-refractivity contribution in [1.29, 1.82) is 0 Å². The molecule has 22 heavy (non-hydrogen) atoms. The van der Waals surface area contributed by atoms with Crippen LogP contribution in [0.1, 0.15) is 43.0 Å². The lowest BCUT2D eigenvalue weighted by Gasteiger charge is -2.23. The van der Waals surface area contributed by atoms with Gasteiger partial charge in [0.15, 0.2) is 0 Å². The maximum Gasteiger partial charge on any atom is 0.248 e. The molecule has 1 aromatic carbocycles. The van der Waals surface area contributed by atoms with Gasteiger partial charge in [-0.15, -0.1) is 0 Å². The topological polar surface area (TPSA) is 55.6 Å². The van der Waals surface area contributed by atoms with Gasteiger partial charge in [-0.3, -0.25) is 4.79 Å². The summed E-state index contributed by atoms with van der Waals surface area (Å²) in [6, 6.07) is 7.03. The second-order valence-corrected chi connectivity index (χ2v) is 7.07. The zero-order valence-corrected chi connectivity index (χ0v) is 13.4. The van der Waals surface area contributed by atoms with Gasteiger partial charge in [0.2, 0.25) is 5.91 Å². The van der Waals surface area contributed by atoms with E-state index < -0.39 is 5.91 Å². The maximum absolute atomic E-state index is 11.0. The Morgan fingerprint density at radius 3 is 2.86 bits per heavy atom. The van der Waals surface area contributed by atoms with Crippen molar-refractivity contribution in [3.05, 3.63) is 29.8 Å². The molecule has 4 heteroatoms. The lowest BCUT2D eigenvalue weighted by molar-refractivity contribution is 0.100. The highest BCUT2D eigenvalue weighted by Crippen LogP contribution is 2.48. The molecule has 0 spiro atoms. The summed E-state index contributed by atoms with van der Waals surface area (Å²) in [7, 11) is 0. The minimum absolute atomic E-state index is 0.403. The van der Waals surface area contributed by atoms with Crippen LogP contribution >= 0.6 is 0 Å². The lowest BCUT2D eigenvalue weighted by Crippen LogP contribution is -2.26. The number of ether oxygens (including phenoxy) is 1. The predicted molar refractivity (Wildman–Crippen MR) is 87.0 cm³/mol. The average molecular weight is 302 g/mol. The summed E-state index contributed by atoms with van der Waals surface area (Å²) in [5.41, 5.74) is 6.31. The van der Waals surface area contributed by atoms with E-state index in [2.05, 4.69) is 11.8 Å². The standard InChI is InChI=1S/C18H26N2O2/c1-18-9-2-4-15(18)12-20(13-18)10-3-11-22-16-7-5-14(6-8-16)17(19)21/h5-8,15H,2-4,9-13H2,1H3,(H2,19,21)/t15-,18+/m0/s1. The van der Waals surface area contributed by atoms with Crippen LogP contribution in [0.3, 0.4) is 0 Å². The van der Waals surface area contributed by atoms with Crippen molar-refractivity contribution in [2.45, 2.75) is 32.6 Å². The van der Waals surface area contributed by atoms with Gasteiger partial charge in [0, 0.05) is 25.2 Å². The number of carbonyl (C=O) groups excluding carboxylic acids is 1. The molecule has 120 valence electrons. The molecule has 1 aliphatic heterocycles. The van der Waals surface area contributed by atoms with Crippen LogP contribution in [0.2, 0.25) is 0 Å². The first kappa shape index (κ1) is 15.3. The van der Waals surface area contributed by atoms with Crippen LogP contribution in [0, 0.1) is 11.3 Å². The van der Waals surface area contributed by atoms with E-state index in [1.54, 1.807) is 24.3 Å². The number of amides is 1. The summed E-state index contributed by atoms with van der Waals surface area (Å²) in [4.78, 5) is 13.6. The predicted octanol–water partition coefficient (Wildman–Crippen LogP) is 2.68. The Balaban J connectivity index is 1.38. The van der Waals surface area contributed by atoms with Gasteiger partial charge in [-0.25, -0.2) is 0 Å². The highest BCUT2D eigenvalue weighted by atomic mass is 16.5. The molecule has 1 amide bonds. The van der Waals surface area contributed by atoms with Crippen molar-refractivity contribution in [3.63, 3.8) is 0 Å². The molecule has 3 rings (SSSR count). The Kier molecular flexibility index (Phi) is 4.39. The van der Waals surface area contributed by atoms with E-state index in [4.69, 9.17) is 10.5 Å². The first-order valence-electron chi connectivity index (χ1n) is 8.32. The second kappa shape index (κ2) is 6.29. The van der Waals surface area contributed by atoms with Crippen molar-refractivity contribution in [2.75, 3.05) is 26.2 Å². The molecule has 2 N–H and O–H groups in total. The highest BCUT2D eigenvalue weighted by Gasteiger charge is 2.45. The summed E-state index contributed by atoms with van der Waals surface area (Å²) >= 11 is 0.